The highest BCUT2D eigenvalue weighted by Crippen LogP contribution is 2.24. The van der Waals surface area contributed by atoms with Gasteiger partial charge in [-0.15, -0.1) is 11.3 Å². The highest BCUT2D eigenvalue weighted by molar-refractivity contribution is 7.11. The van der Waals surface area contributed by atoms with E-state index in [2.05, 4.69) is 4.98 Å². The molecule has 0 aliphatic rings. The zero-order valence-electron chi connectivity index (χ0n) is 12.2. The molecule has 6 heteroatoms. The Kier molecular flexibility index (Phi) is 5.03. The Bertz CT molecular complexity index is 612. The fourth-order valence-electron chi connectivity index (χ4n) is 2.14. The third-order valence-electron chi connectivity index (χ3n) is 3.13. The van der Waals surface area contributed by atoms with Crippen LogP contribution in [0.1, 0.15) is 21.5 Å². The molecule has 21 heavy (non-hydrogen) atoms. The summed E-state index contributed by atoms with van der Waals surface area (Å²) in [5.41, 5.74) is 0.701. The second-order valence-electron chi connectivity index (χ2n) is 4.74. The van der Waals surface area contributed by atoms with Crippen LogP contribution >= 0.6 is 11.3 Å². The fourth-order valence-corrected chi connectivity index (χ4v) is 3.00. The number of nitrogens with zero attached hydrogens (tertiary/aromatic N) is 2. The Hall–Kier alpha value is -1.79. The van der Waals surface area contributed by atoms with Crippen LogP contribution in [0.25, 0.3) is 0 Å². The molecular weight excluding hydrogens is 291 g/mol. The highest BCUT2D eigenvalue weighted by Gasteiger charge is 2.26. The summed E-state index contributed by atoms with van der Waals surface area (Å²) in [5, 5.41) is 0.981. The molecule has 112 valence electrons. The molecule has 0 aliphatic heterocycles. The number of carbonyl (C=O) groups is 1. The van der Waals surface area contributed by atoms with Gasteiger partial charge in [0.1, 0.15) is 11.9 Å². The molecule has 1 aromatic carbocycles. The van der Waals surface area contributed by atoms with Crippen LogP contribution in [0.3, 0.4) is 0 Å². The molecule has 0 amide bonds. The molecule has 0 aliphatic carbocycles. The van der Waals surface area contributed by atoms with Crippen molar-refractivity contribution in [3.8, 4) is 0 Å². The minimum Gasteiger partial charge on any atom is -0.468 e. The number of hydrogen-bond donors (Lipinski definition) is 0. The van der Waals surface area contributed by atoms with Gasteiger partial charge in [0, 0.05) is 17.6 Å². The quantitative estimate of drug-likeness (QED) is 0.797. The first-order valence-corrected chi connectivity index (χ1v) is 7.27. The molecule has 2 rings (SSSR count). The predicted molar refractivity (Wildman–Crippen MR) is 79.5 cm³/mol. The Morgan fingerprint density at radius 2 is 2.10 bits per heavy atom. The van der Waals surface area contributed by atoms with Gasteiger partial charge in [0.25, 0.3) is 0 Å². The summed E-state index contributed by atoms with van der Waals surface area (Å²) in [6.07, 6.45) is 1.80. The van der Waals surface area contributed by atoms with Gasteiger partial charge in [0.15, 0.2) is 0 Å². The summed E-state index contributed by atoms with van der Waals surface area (Å²) in [4.78, 5) is 19.2. The van der Waals surface area contributed by atoms with Crippen molar-refractivity contribution in [3.05, 3.63) is 51.7 Å². The van der Waals surface area contributed by atoms with Crippen LogP contribution in [0.4, 0.5) is 4.39 Å². The van der Waals surface area contributed by atoms with Gasteiger partial charge in [-0.05, 0) is 31.7 Å². The topological polar surface area (TPSA) is 42.4 Å². The molecule has 4 nitrogen and oxygen atoms in total. The molecule has 0 N–H and O–H groups in total. The van der Waals surface area contributed by atoms with E-state index in [9.17, 15) is 9.18 Å². The summed E-state index contributed by atoms with van der Waals surface area (Å²) >= 11 is 1.59. The largest absolute Gasteiger partial charge is 0.468 e. The Morgan fingerprint density at radius 3 is 2.62 bits per heavy atom. The molecule has 0 fully saturated rings. The van der Waals surface area contributed by atoms with Gasteiger partial charge in [-0.2, -0.15) is 0 Å². The molecule has 0 saturated carbocycles. The van der Waals surface area contributed by atoms with E-state index in [4.69, 9.17) is 4.74 Å². The molecule has 1 aromatic heterocycles. The maximum Gasteiger partial charge on any atom is 0.327 e. The number of aromatic nitrogens is 1. The monoisotopic (exact) mass is 308 g/mol. The summed E-state index contributed by atoms with van der Waals surface area (Å²) in [6.45, 7) is 2.51. The van der Waals surface area contributed by atoms with Crippen molar-refractivity contribution in [3.63, 3.8) is 0 Å². The molecule has 0 spiro atoms. The molecule has 2 aromatic rings. The number of hydrogen-bond acceptors (Lipinski definition) is 5. The van der Waals surface area contributed by atoms with Gasteiger partial charge in [0.05, 0.1) is 12.1 Å². The number of ether oxygens (including phenoxy) is 1. The maximum absolute atomic E-state index is 13.0. The van der Waals surface area contributed by atoms with E-state index >= 15 is 0 Å². The number of halogens is 1. The molecular formula is C15H17FN2O2S. The molecule has 1 atom stereocenters. The summed E-state index contributed by atoms with van der Waals surface area (Å²) < 4.78 is 17.9. The zero-order valence-corrected chi connectivity index (χ0v) is 13.0. The van der Waals surface area contributed by atoms with Crippen LogP contribution in [0.2, 0.25) is 0 Å². The van der Waals surface area contributed by atoms with E-state index in [0.717, 1.165) is 9.88 Å². The van der Waals surface area contributed by atoms with Crippen LogP contribution < -0.4 is 0 Å². The molecule has 1 heterocycles. The van der Waals surface area contributed by atoms with E-state index in [-0.39, 0.29) is 11.8 Å². The second-order valence-corrected chi connectivity index (χ2v) is 6.06. The lowest BCUT2D eigenvalue weighted by molar-refractivity contribution is -0.147. The smallest absolute Gasteiger partial charge is 0.327 e. The van der Waals surface area contributed by atoms with Crippen LogP contribution in [0.5, 0.6) is 0 Å². The van der Waals surface area contributed by atoms with Crippen LogP contribution in [-0.2, 0) is 16.1 Å². The van der Waals surface area contributed by atoms with Gasteiger partial charge in [-0.3, -0.25) is 4.90 Å². The summed E-state index contributed by atoms with van der Waals surface area (Å²) in [6, 6.07) is 5.32. The van der Waals surface area contributed by atoms with Crippen molar-refractivity contribution >= 4 is 17.3 Å². The minimum atomic E-state index is -0.571. The lowest BCUT2D eigenvalue weighted by Gasteiger charge is -2.25. The normalized spacial score (nSPS) is 12.4. The second kappa shape index (κ2) is 6.78. The van der Waals surface area contributed by atoms with E-state index in [0.29, 0.717) is 12.1 Å². The first kappa shape index (κ1) is 15.6. The molecule has 0 saturated heterocycles. The van der Waals surface area contributed by atoms with Crippen LogP contribution in [-0.4, -0.2) is 30.0 Å². The maximum atomic E-state index is 13.0. The number of esters is 1. The van der Waals surface area contributed by atoms with Crippen molar-refractivity contribution in [1.82, 2.24) is 9.88 Å². The minimum absolute atomic E-state index is 0.330. The lowest BCUT2D eigenvalue weighted by atomic mass is 10.1. The lowest BCUT2D eigenvalue weighted by Crippen LogP contribution is -2.31. The first-order chi connectivity index (χ1) is 10.0. The summed E-state index contributed by atoms with van der Waals surface area (Å²) in [7, 11) is 3.18. The standard InChI is InChI=1S/C15H17FN2O2S/c1-10-17-8-13(21-10)9-18(2)14(15(19)20-3)11-4-6-12(16)7-5-11/h4-8,14H,9H2,1-3H3. The number of rotatable bonds is 5. The van der Waals surface area contributed by atoms with E-state index < -0.39 is 6.04 Å². The van der Waals surface area contributed by atoms with Gasteiger partial charge in [-0.1, -0.05) is 12.1 Å². The van der Waals surface area contributed by atoms with Crippen LogP contribution in [0.15, 0.2) is 30.5 Å². The molecule has 0 radical (unpaired) electrons. The molecule has 0 bridgehead atoms. The van der Waals surface area contributed by atoms with Crippen molar-refractivity contribution in [2.75, 3.05) is 14.2 Å². The van der Waals surface area contributed by atoms with Crippen molar-refractivity contribution < 1.29 is 13.9 Å². The average Bonchev–Trinajstić information content (AvgIpc) is 2.86. The van der Waals surface area contributed by atoms with Crippen LogP contribution in [0, 0.1) is 12.7 Å². The number of likely N-dealkylation sites (N-methyl/N-ethyl adjacent to an activating group) is 1. The SMILES string of the molecule is COC(=O)C(c1ccc(F)cc1)N(C)Cc1cnc(C)s1. The van der Waals surface area contributed by atoms with Gasteiger partial charge >= 0.3 is 5.97 Å². The third-order valence-corrected chi connectivity index (χ3v) is 4.02. The van der Waals surface area contributed by atoms with Crippen molar-refractivity contribution in [2.45, 2.75) is 19.5 Å². The Balaban J connectivity index is 2.22. The number of carbonyl (C=O) groups excluding carboxylic acids is 1. The predicted octanol–water partition coefficient (Wildman–Crippen LogP) is 2.94. The first-order valence-electron chi connectivity index (χ1n) is 6.46. The Morgan fingerprint density at radius 1 is 1.43 bits per heavy atom. The van der Waals surface area contributed by atoms with Gasteiger partial charge in [-0.25, -0.2) is 14.2 Å². The summed E-state index contributed by atoms with van der Waals surface area (Å²) in [5.74, 6) is -0.701. The number of methoxy groups -OCH3 is 1. The Labute approximate surface area is 127 Å². The zero-order chi connectivity index (χ0) is 15.4. The average molecular weight is 308 g/mol. The fraction of sp³-hybridized carbons (Fsp3) is 0.333. The van der Waals surface area contributed by atoms with E-state index in [1.165, 1.54) is 19.2 Å². The van der Waals surface area contributed by atoms with Crippen molar-refractivity contribution in [2.24, 2.45) is 0 Å². The van der Waals surface area contributed by atoms with E-state index in [1.807, 2.05) is 18.9 Å². The number of benzene rings is 1. The van der Waals surface area contributed by atoms with Crippen molar-refractivity contribution in [1.29, 1.82) is 0 Å². The highest BCUT2D eigenvalue weighted by atomic mass is 32.1. The van der Waals surface area contributed by atoms with Gasteiger partial charge < -0.3 is 4.74 Å². The van der Waals surface area contributed by atoms with Gasteiger partial charge in [0.2, 0.25) is 0 Å². The third kappa shape index (κ3) is 3.86. The number of aryl methyl sites for hydroxylation is 1. The van der Waals surface area contributed by atoms with E-state index in [1.54, 1.807) is 29.7 Å². The number of thiazole rings is 1. The molecule has 1 unspecified atom stereocenters.